The van der Waals surface area contributed by atoms with Crippen LogP contribution in [0.25, 0.3) is 0 Å². The van der Waals surface area contributed by atoms with Gasteiger partial charge in [0.15, 0.2) is 0 Å². The van der Waals surface area contributed by atoms with E-state index in [2.05, 4.69) is 20.8 Å². The predicted molar refractivity (Wildman–Crippen MR) is 72.6 cm³/mol. The molecule has 2 rings (SSSR count). The Balaban J connectivity index is 2.07. The van der Waals surface area contributed by atoms with Gasteiger partial charge >= 0.3 is 5.97 Å². The molecule has 1 aromatic heterocycles. The Labute approximate surface area is 122 Å². The van der Waals surface area contributed by atoms with Crippen LogP contribution in [0.15, 0.2) is 4.52 Å². The number of carboxylic acid groups (broad SMARTS) is 1. The van der Waals surface area contributed by atoms with Crippen molar-refractivity contribution in [3.05, 3.63) is 11.7 Å². The van der Waals surface area contributed by atoms with Gasteiger partial charge in [0.1, 0.15) is 6.04 Å². The van der Waals surface area contributed by atoms with Crippen LogP contribution in [0.4, 0.5) is 0 Å². The molecule has 1 aliphatic heterocycles. The highest BCUT2D eigenvalue weighted by Crippen LogP contribution is 2.22. The first-order chi connectivity index (χ1) is 9.79. The first-order valence-corrected chi connectivity index (χ1v) is 6.89. The van der Waals surface area contributed by atoms with E-state index in [-0.39, 0.29) is 11.9 Å². The maximum atomic E-state index is 12.1. The maximum Gasteiger partial charge on any atom is 0.326 e. The van der Waals surface area contributed by atoms with E-state index in [0.717, 1.165) is 19.4 Å². The molecule has 0 spiro atoms. The zero-order valence-electron chi connectivity index (χ0n) is 12.3. The molecule has 3 N–H and O–H groups in total. The third-order valence-corrected chi connectivity index (χ3v) is 3.39. The Morgan fingerprint density at radius 2 is 2.19 bits per heavy atom. The highest BCUT2D eigenvalue weighted by molar-refractivity contribution is 5.93. The van der Waals surface area contributed by atoms with Crippen LogP contribution in [0.1, 0.15) is 56.2 Å². The van der Waals surface area contributed by atoms with Crippen LogP contribution >= 0.6 is 0 Å². The van der Waals surface area contributed by atoms with Crippen molar-refractivity contribution in [2.75, 3.05) is 6.54 Å². The number of carbonyl (C=O) groups excluding carboxylic acids is 1. The van der Waals surface area contributed by atoms with Crippen molar-refractivity contribution in [1.29, 1.82) is 0 Å². The zero-order chi connectivity index (χ0) is 15.6. The van der Waals surface area contributed by atoms with Gasteiger partial charge in [0, 0.05) is 0 Å². The third-order valence-electron chi connectivity index (χ3n) is 3.39. The van der Waals surface area contributed by atoms with Crippen LogP contribution in [0.3, 0.4) is 0 Å². The number of nitrogens with one attached hydrogen (secondary N) is 2. The minimum atomic E-state index is -1.10. The number of aromatic nitrogens is 2. The van der Waals surface area contributed by atoms with E-state index >= 15 is 0 Å². The van der Waals surface area contributed by atoms with Gasteiger partial charge in [-0.15, -0.1) is 0 Å². The Bertz CT molecular complexity index is 529. The van der Waals surface area contributed by atoms with Gasteiger partial charge in [-0.25, -0.2) is 4.79 Å². The average Bonchev–Trinajstić information content (AvgIpc) is 3.03. The van der Waals surface area contributed by atoms with E-state index in [4.69, 9.17) is 4.52 Å². The van der Waals surface area contributed by atoms with Crippen molar-refractivity contribution in [1.82, 2.24) is 20.8 Å². The molecule has 0 radical (unpaired) electrons. The second-order valence-corrected chi connectivity index (χ2v) is 6.22. The van der Waals surface area contributed by atoms with Crippen molar-refractivity contribution in [3.8, 4) is 0 Å². The molecule has 0 bridgehead atoms. The van der Waals surface area contributed by atoms with Crippen molar-refractivity contribution in [3.63, 3.8) is 0 Å². The van der Waals surface area contributed by atoms with Crippen LogP contribution in [0, 0.1) is 5.41 Å². The molecule has 116 valence electrons. The number of hydrogen-bond acceptors (Lipinski definition) is 6. The number of amides is 1. The van der Waals surface area contributed by atoms with Gasteiger partial charge in [-0.2, -0.15) is 4.98 Å². The fraction of sp³-hybridized carbons (Fsp3) is 0.692. The number of hydrogen-bond donors (Lipinski definition) is 3. The fourth-order valence-electron chi connectivity index (χ4n) is 2.21. The SMILES string of the molecule is CC(C)(C)C(NC(=O)c1noc(C2CCCN2)n1)C(=O)O. The predicted octanol–water partition coefficient (Wildman–Crippen LogP) is 0.723. The van der Waals surface area contributed by atoms with E-state index < -0.39 is 23.3 Å². The number of aliphatic carboxylic acids is 1. The molecular weight excluding hydrogens is 276 g/mol. The molecule has 0 aromatic carbocycles. The summed E-state index contributed by atoms with van der Waals surface area (Å²) in [5.41, 5.74) is -0.624. The molecule has 2 heterocycles. The molecule has 0 saturated carbocycles. The molecule has 21 heavy (non-hydrogen) atoms. The normalized spacial score (nSPS) is 20.2. The van der Waals surface area contributed by atoms with E-state index in [1.165, 1.54) is 0 Å². The quantitative estimate of drug-likeness (QED) is 0.749. The fourth-order valence-corrected chi connectivity index (χ4v) is 2.21. The van der Waals surface area contributed by atoms with Crippen LogP contribution in [-0.4, -0.2) is 39.7 Å². The molecular formula is C13H20N4O4. The number of nitrogens with zero attached hydrogens (tertiary/aromatic N) is 2. The first kappa shape index (κ1) is 15.4. The third kappa shape index (κ3) is 3.57. The first-order valence-electron chi connectivity index (χ1n) is 6.89. The molecule has 2 unspecified atom stereocenters. The van der Waals surface area contributed by atoms with Gasteiger partial charge in [-0.05, 0) is 24.8 Å². The largest absolute Gasteiger partial charge is 0.480 e. The molecule has 8 heteroatoms. The Morgan fingerprint density at radius 3 is 2.71 bits per heavy atom. The summed E-state index contributed by atoms with van der Waals surface area (Å²) in [5, 5.41) is 18.4. The second kappa shape index (κ2) is 5.80. The molecule has 1 aromatic rings. The number of rotatable bonds is 4. The molecule has 1 amide bonds. The Hall–Kier alpha value is -1.96. The van der Waals surface area contributed by atoms with E-state index in [9.17, 15) is 14.7 Å². The van der Waals surface area contributed by atoms with Crippen LogP contribution in [-0.2, 0) is 4.79 Å². The highest BCUT2D eigenvalue weighted by Gasteiger charge is 2.34. The monoisotopic (exact) mass is 296 g/mol. The summed E-state index contributed by atoms with van der Waals surface area (Å²) in [7, 11) is 0. The molecule has 1 fully saturated rings. The zero-order valence-corrected chi connectivity index (χ0v) is 12.3. The lowest BCUT2D eigenvalue weighted by Crippen LogP contribution is -2.49. The van der Waals surface area contributed by atoms with Crippen LogP contribution in [0.2, 0.25) is 0 Å². The second-order valence-electron chi connectivity index (χ2n) is 6.22. The molecule has 1 saturated heterocycles. The summed E-state index contributed by atoms with van der Waals surface area (Å²) in [6, 6.07) is -1.06. The Kier molecular flexibility index (Phi) is 4.26. The van der Waals surface area contributed by atoms with Crippen molar-refractivity contribution < 1.29 is 19.2 Å². The number of carbonyl (C=O) groups is 2. The molecule has 8 nitrogen and oxygen atoms in total. The van der Waals surface area contributed by atoms with Gasteiger partial charge in [0.25, 0.3) is 11.7 Å². The van der Waals surface area contributed by atoms with E-state index in [1.807, 2.05) is 0 Å². The maximum absolute atomic E-state index is 12.1. The summed E-state index contributed by atoms with van der Waals surface area (Å²) < 4.78 is 5.07. The van der Waals surface area contributed by atoms with Gasteiger partial charge in [-0.3, -0.25) is 4.79 Å². The summed E-state index contributed by atoms with van der Waals surface area (Å²) in [6.45, 7) is 6.07. The lowest BCUT2D eigenvalue weighted by molar-refractivity contribution is -0.142. The van der Waals surface area contributed by atoms with Gasteiger partial charge in [0.05, 0.1) is 6.04 Å². The minimum absolute atomic E-state index is 0.0306. The minimum Gasteiger partial charge on any atom is -0.480 e. The average molecular weight is 296 g/mol. The molecule has 1 aliphatic rings. The summed E-state index contributed by atoms with van der Waals surface area (Å²) in [6.07, 6.45) is 1.89. The smallest absolute Gasteiger partial charge is 0.326 e. The van der Waals surface area contributed by atoms with Gasteiger partial charge in [0.2, 0.25) is 5.89 Å². The summed E-state index contributed by atoms with van der Waals surface area (Å²) in [4.78, 5) is 27.3. The van der Waals surface area contributed by atoms with Gasteiger partial charge in [-0.1, -0.05) is 25.9 Å². The lowest BCUT2D eigenvalue weighted by atomic mass is 9.87. The number of carboxylic acids is 1. The van der Waals surface area contributed by atoms with E-state index in [1.54, 1.807) is 20.8 Å². The molecule has 2 atom stereocenters. The molecule has 0 aliphatic carbocycles. The van der Waals surface area contributed by atoms with E-state index in [0.29, 0.717) is 5.89 Å². The standard InChI is InChI=1S/C13H20N4O4/c1-13(2,3)8(12(19)20)15-10(18)9-16-11(21-17-9)7-5-4-6-14-7/h7-8,14H,4-6H2,1-3H3,(H,15,18)(H,19,20). The van der Waals surface area contributed by atoms with Crippen molar-refractivity contribution in [2.24, 2.45) is 5.41 Å². The van der Waals surface area contributed by atoms with Crippen LogP contribution in [0.5, 0.6) is 0 Å². The van der Waals surface area contributed by atoms with Crippen LogP contribution < -0.4 is 10.6 Å². The topological polar surface area (TPSA) is 117 Å². The summed E-state index contributed by atoms with van der Waals surface area (Å²) >= 11 is 0. The lowest BCUT2D eigenvalue weighted by Gasteiger charge is -2.27. The van der Waals surface area contributed by atoms with Crippen molar-refractivity contribution >= 4 is 11.9 Å². The van der Waals surface area contributed by atoms with Crippen molar-refractivity contribution in [2.45, 2.75) is 45.7 Å². The van der Waals surface area contributed by atoms with Gasteiger partial charge < -0.3 is 20.3 Å². The Morgan fingerprint density at radius 1 is 1.48 bits per heavy atom. The summed E-state index contributed by atoms with van der Waals surface area (Å²) in [5.74, 6) is -1.53. The highest BCUT2D eigenvalue weighted by atomic mass is 16.5.